The van der Waals surface area contributed by atoms with Gasteiger partial charge in [0, 0.05) is 31.4 Å². The number of carbonyl (C=O) groups is 1. The average molecular weight is 318 g/mol. The van der Waals surface area contributed by atoms with Crippen LogP contribution in [0.4, 0.5) is 5.82 Å². The van der Waals surface area contributed by atoms with Crippen LogP contribution in [0, 0.1) is 12.3 Å². The third-order valence-corrected chi connectivity index (χ3v) is 5.26. The number of rotatable bonds is 4. The normalized spacial score (nSPS) is 23.4. The molecular weight excluding hydrogens is 292 g/mol. The Bertz CT molecular complexity index is 582. The molecule has 2 saturated heterocycles. The van der Waals surface area contributed by atoms with Crippen LogP contribution >= 0.6 is 0 Å². The maximum atomic E-state index is 11.2. The van der Waals surface area contributed by atoms with Gasteiger partial charge in [0.2, 0.25) is 0 Å². The summed E-state index contributed by atoms with van der Waals surface area (Å²) in [5.41, 5.74) is 1.37. The van der Waals surface area contributed by atoms with Crippen molar-refractivity contribution in [1.29, 1.82) is 0 Å². The third kappa shape index (κ3) is 3.32. The fraction of sp³-hybridized carbons (Fsp3) is 0.706. The highest BCUT2D eigenvalue weighted by atomic mass is 16.4. The molecule has 0 bridgehead atoms. The molecule has 6 nitrogen and oxygen atoms in total. The molecule has 0 aromatic carbocycles. The van der Waals surface area contributed by atoms with E-state index in [1.807, 2.05) is 13.1 Å². The Balaban J connectivity index is 1.70. The minimum atomic E-state index is -0.721. The van der Waals surface area contributed by atoms with Crippen LogP contribution in [-0.2, 0) is 11.2 Å². The highest BCUT2D eigenvalue weighted by molar-refractivity contribution is 5.74. The SMILES string of the molecule is CCCc1cnc(C)nc1N1CCC2(CC1)CN[C@H](C(=O)O)C2. The number of carboxylic acid groups (broad SMARTS) is 1. The maximum Gasteiger partial charge on any atom is 0.320 e. The Kier molecular flexibility index (Phi) is 4.53. The summed E-state index contributed by atoms with van der Waals surface area (Å²) in [4.78, 5) is 22.6. The first-order valence-corrected chi connectivity index (χ1v) is 8.57. The first-order chi connectivity index (χ1) is 11.0. The lowest BCUT2D eigenvalue weighted by atomic mass is 9.76. The predicted molar refractivity (Wildman–Crippen MR) is 88.7 cm³/mol. The molecule has 2 aliphatic rings. The van der Waals surface area contributed by atoms with Gasteiger partial charge in [-0.2, -0.15) is 0 Å². The smallest absolute Gasteiger partial charge is 0.320 e. The van der Waals surface area contributed by atoms with Gasteiger partial charge in [-0.05, 0) is 38.0 Å². The third-order valence-electron chi connectivity index (χ3n) is 5.26. The number of carboxylic acids is 1. The zero-order valence-electron chi connectivity index (χ0n) is 14.0. The minimum Gasteiger partial charge on any atom is -0.480 e. The van der Waals surface area contributed by atoms with Crippen molar-refractivity contribution in [3.63, 3.8) is 0 Å². The Morgan fingerprint density at radius 3 is 2.83 bits per heavy atom. The molecule has 1 aromatic heterocycles. The molecule has 6 heteroatoms. The lowest BCUT2D eigenvalue weighted by Gasteiger charge is -2.40. The molecule has 2 fully saturated rings. The zero-order chi connectivity index (χ0) is 16.4. The number of piperidine rings is 1. The number of aryl methyl sites for hydroxylation is 2. The van der Waals surface area contributed by atoms with Gasteiger partial charge in [0.05, 0.1) is 0 Å². The number of nitrogens with one attached hydrogen (secondary N) is 1. The van der Waals surface area contributed by atoms with Gasteiger partial charge >= 0.3 is 5.97 Å². The molecule has 126 valence electrons. The second kappa shape index (κ2) is 6.43. The van der Waals surface area contributed by atoms with Gasteiger partial charge in [-0.3, -0.25) is 4.79 Å². The molecule has 2 N–H and O–H groups in total. The van der Waals surface area contributed by atoms with Crippen LogP contribution in [0.15, 0.2) is 6.20 Å². The first kappa shape index (κ1) is 16.2. The van der Waals surface area contributed by atoms with E-state index in [-0.39, 0.29) is 11.5 Å². The topological polar surface area (TPSA) is 78.4 Å². The summed E-state index contributed by atoms with van der Waals surface area (Å²) in [6.07, 6.45) is 6.85. The highest BCUT2D eigenvalue weighted by Crippen LogP contribution is 2.40. The van der Waals surface area contributed by atoms with Crippen molar-refractivity contribution >= 4 is 11.8 Å². The van der Waals surface area contributed by atoms with E-state index in [1.54, 1.807) is 0 Å². The summed E-state index contributed by atoms with van der Waals surface area (Å²) < 4.78 is 0. The summed E-state index contributed by atoms with van der Waals surface area (Å²) in [5, 5.41) is 12.4. The van der Waals surface area contributed by atoms with Crippen LogP contribution in [0.2, 0.25) is 0 Å². The van der Waals surface area contributed by atoms with Gasteiger partial charge < -0.3 is 15.3 Å². The van der Waals surface area contributed by atoms with Gasteiger partial charge in [0.1, 0.15) is 17.7 Å². The minimum absolute atomic E-state index is 0.145. The average Bonchev–Trinajstić information content (AvgIpc) is 2.94. The van der Waals surface area contributed by atoms with E-state index in [0.29, 0.717) is 0 Å². The monoisotopic (exact) mass is 318 g/mol. The number of hydrogen-bond acceptors (Lipinski definition) is 5. The van der Waals surface area contributed by atoms with Gasteiger partial charge in [-0.25, -0.2) is 9.97 Å². The van der Waals surface area contributed by atoms with Gasteiger partial charge in [0.25, 0.3) is 0 Å². The van der Waals surface area contributed by atoms with Gasteiger partial charge in [-0.15, -0.1) is 0 Å². The van der Waals surface area contributed by atoms with Crippen molar-refractivity contribution in [2.75, 3.05) is 24.5 Å². The van der Waals surface area contributed by atoms with Crippen molar-refractivity contribution in [1.82, 2.24) is 15.3 Å². The molecule has 3 rings (SSSR count). The van der Waals surface area contributed by atoms with E-state index in [0.717, 1.165) is 63.4 Å². The second-order valence-corrected chi connectivity index (χ2v) is 6.98. The fourth-order valence-electron chi connectivity index (χ4n) is 3.87. The number of aromatic nitrogens is 2. The number of anilines is 1. The van der Waals surface area contributed by atoms with E-state index in [1.165, 1.54) is 5.56 Å². The molecule has 3 heterocycles. The molecule has 0 aliphatic carbocycles. The largest absolute Gasteiger partial charge is 0.480 e. The van der Waals surface area contributed by atoms with Gasteiger partial charge in [0.15, 0.2) is 0 Å². The molecule has 1 spiro atoms. The second-order valence-electron chi connectivity index (χ2n) is 6.98. The molecule has 23 heavy (non-hydrogen) atoms. The van der Waals surface area contributed by atoms with E-state index < -0.39 is 5.97 Å². The van der Waals surface area contributed by atoms with Crippen LogP contribution in [-0.4, -0.2) is 46.7 Å². The molecule has 0 saturated carbocycles. The van der Waals surface area contributed by atoms with Crippen molar-refractivity contribution in [2.24, 2.45) is 5.41 Å². The number of nitrogens with zero attached hydrogens (tertiary/aromatic N) is 3. The molecule has 1 aromatic rings. The summed E-state index contributed by atoms with van der Waals surface area (Å²) >= 11 is 0. The molecule has 0 radical (unpaired) electrons. The van der Waals surface area contributed by atoms with Crippen LogP contribution in [0.3, 0.4) is 0 Å². The summed E-state index contributed by atoms with van der Waals surface area (Å²) in [5.74, 6) is 1.17. The van der Waals surface area contributed by atoms with Crippen molar-refractivity contribution in [3.05, 3.63) is 17.6 Å². The van der Waals surface area contributed by atoms with Crippen LogP contribution in [0.1, 0.15) is 44.0 Å². The molecule has 0 amide bonds. The molecule has 0 unspecified atom stereocenters. The first-order valence-electron chi connectivity index (χ1n) is 8.57. The molecule has 1 atom stereocenters. The number of hydrogen-bond donors (Lipinski definition) is 2. The molecular formula is C17H26N4O2. The Morgan fingerprint density at radius 2 is 2.22 bits per heavy atom. The van der Waals surface area contributed by atoms with E-state index >= 15 is 0 Å². The fourth-order valence-corrected chi connectivity index (χ4v) is 3.87. The maximum absolute atomic E-state index is 11.2. The lowest BCUT2D eigenvalue weighted by Crippen LogP contribution is -2.42. The van der Waals surface area contributed by atoms with Crippen LogP contribution in [0.25, 0.3) is 0 Å². The van der Waals surface area contributed by atoms with E-state index in [9.17, 15) is 9.90 Å². The van der Waals surface area contributed by atoms with Crippen LogP contribution in [0.5, 0.6) is 0 Å². The number of aliphatic carboxylic acids is 1. The Morgan fingerprint density at radius 1 is 1.48 bits per heavy atom. The van der Waals surface area contributed by atoms with E-state index in [2.05, 4.69) is 27.1 Å². The lowest BCUT2D eigenvalue weighted by molar-refractivity contribution is -0.139. The van der Waals surface area contributed by atoms with Gasteiger partial charge in [-0.1, -0.05) is 13.3 Å². The molecule has 2 aliphatic heterocycles. The summed E-state index contributed by atoms with van der Waals surface area (Å²) in [6, 6.07) is -0.376. The highest BCUT2D eigenvalue weighted by Gasteiger charge is 2.43. The van der Waals surface area contributed by atoms with Crippen molar-refractivity contribution < 1.29 is 9.90 Å². The van der Waals surface area contributed by atoms with Crippen molar-refractivity contribution in [3.8, 4) is 0 Å². The Hall–Kier alpha value is -1.69. The predicted octanol–water partition coefficient (Wildman–Crippen LogP) is 1.77. The van der Waals surface area contributed by atoms with Crippen LogP contribution < -0.4 is 10.2 Å². The van der Waals surface area contributed by atoms with Crippen molar-refractivity contribution in [2.45, 2.75) is 52.0 Å². The standard InChI is InChI=1S/C17H26N4O2/c1-3-4-13-10-18-12(2)20-15(13)21-7-5-17(6-8-21)9-14(16(22)23)19-11-17/h10,14,19H,3-9,11H2,1-2H3,(H,22,23)/t14-/m0/s1. The summed E-state index contributed by atoms with van der Waals surface area (Å²) in [7, 11) is 0. The Labute approximate surface area is 137 Å². The zero-order valence-corrected chi connectivity index (χ0v) is 14.0. The quantitative estimate of drug-likeness (QED) is 0.881. The summed E-state index contributed by atoms with van der Waals surface area (Å²) in [6.45, 7) is 6.82. The van der Waals surface area contributed by atoms with E-state index in [4.69, 9.17) is 0 Å².